The van der Waals surface area contributed by atoms with Crippen molar-refractivity contribution >= 4 is 11.8 Å². The highest BCUT2D eigenvalue weighted by Crippen LogP contribution is 2.49. The van der Waals surface area contributed by atoms with E-state index in [2.05, 4.69) is 9.97 Å². The normalized spacial score (nSPS) is 28.7. The van der Waals surface area contributed by atoms with E-state index < -0.39 is 17.2 Å². The van der Waals surface area contributed by atoms with Crippen molar-refractivity contribution in [3.63, 3.8) is 0 Å². The van der Waals surface area contributed by atoms with Crippen molar-refractivity contribution in [1.29, 1.82) is 0 Å². The molecule has 1 aliphatic heterocycles. The number of nitrogens with zero attached hydrogens (tertiary/aromatic N) is 3. The Hall–Kier alpha value is -1.72. The van der Waals surface area contributed by atoms with E-state index >= 15 is 0 Å². The second-order valence-corrected chi connectivity index (χ2v) is 5.74. The van der Waals surface area contributed by atoms with Crippen LogP contribution in [0.15, 0.2) is 6.33 Å². The average molecular weight is 279 g/mol. The van der Waals surface area contributed by atoms with Gasteiger partial charge in [-0.1, -0.05) is 13.3 Å². The summed E-state index contributed by atoms with van der Waals surface area (Å²) in [6.07, 6.45) is 4.38. The van der Waals surface area contributed by atoms with Gasteiger partial charge in [-0.05, 0) is 25.2 Å². The summed E-state index contributed by atoms with van der Waals surface area (Å²) in [6.45, 7) is 2.76. The zero-order valence-corrected chi connectivity index (χ0v) is 11.5. The number of fused-ring (bicyclic) bond motifs is 1. The summed E-state index contributed by atoms with van der Waals surface area (Å²) in [5.74, 6) is -0.811. The maximum Gasteiger partial charge on any atom is 0.311 e. The molecule has 2 fully saturated rings. The number of hydrogen-bond acceptors (Lipinski definition) is 4. The molecular formula is C14H18FN3O2. The maximum atomic E-state index is 14.3. The molecule has 0 bridgehead atoms. The highest BCUT2D eigenvalue weighted by Gasteiger charge is 2.55. The molecule has 2 aliphatic rings. The van der Waals surface area contributed by atoms with Gasteiger partial charge in [0.2, 0.25) is 0 Å². The summed E-state index contributed by atoms with van der Waals surface area (Å²) in [5.41, 5.74) is -0.333. The molecule has 1 N–H and O–H groups in total. The van der Waals surface area contributed by atoms with Crippen LogP contribution in [0.5, 0.6) is 0 Å². The molecule has 2 atom stereocenters. The summed E-state index contributed by atoms with van der Waals surface area (Å²) in [7, 11) is 0. The molecule has 0 aromatic carbocycles. The van der Waals surface area contributed by atoms with Crippen LogP contribution >= 0.6 is 0 Å². The summed E-state index contributed by atoms with van der Waals surface area (Å²) < 4.78 is 14.3. The molecule has 5 nitrogen and oxygen atoms in total. The van der Waals surface area contributed by atoms with Gasteiger partial charge in [-0.15, -0.1) is 0 Å². The fourth-order valence-corrected chi connectivity index (χ4v) is 3.66. The number of rotatable bonds is 3. The lowest BCUT2D eigenvalue weighted by atomic mass is 9.81. The number of anilines is 1. The van der Waals surface area contributed by atoms with E-state index in [1.165, 1.54) is 6.33 Å². The molecule has 1 saturated carbocycles. The predicted octanol–water partition coefficient (Wildman–Crippen LogP) is 1.87. The van der Waals surface area contributed by atoms with Gasteiger partial charge in [-0.2, -0.15) is 0 Å². The van der Waals surface area contributed by atoms with Crippen LogP contribution in [-0.4, -0.2) is 34.1 Å². The molecule has 0 amide bonds. The Morgan fingerprint density at radius 3 is 3.05 bits per heavy atom. The number of carboxylic acid groups (broad SMARTS) is 1. The number of aliphatic carboxylic acids is 1. The van der Waals surface area contributed by atoms with Crippen molar-refractivity contribution in [2.75, 3.05) is 18.0 Å². The molecule has 1 aliphatic carbocycles. The van der Waals surface area contributed by atoms with Crippen LogP contribution in [0, 0.1) is 17.2 Å². The molecule has 3 rings (SSSR count). The minimum atomic E-state index is -0.757. The Balaban J connectivity index is 1.93. The largest absolute Gasteiger partial charge is 0.481 e. The Morgan fingerprint density at radius 2 is 2.40 bits per heavy atom. The summed E-state index contributed by atoms with van der Waals surface area (Å²) in [5, 5.41) is 9.56. The zero-order chi connectivity index (χ0) is 14.3. The zero-order valence-electron chi connectivity index (χ0n) is 11.5. The monoisotopic (exact) mass is 279 g/mol. The maximum absolute atomic E-state index is 14.3. The first-order chi connectivity index (χ1) is 9.58. The Bertz CT molecular complexity index is 551. The minimum absolute atomic E-state index is 0.0967. The van der Waals surface area contributed by atoms with Crippen LogP contribution in [0.3, 0.4) is 0 Å². The summed E-state index contributed by atoms with van der Waals surface area (Å²) in [6, 6.07) is 0. The van der Waals surface area contributed by atoms with Gasteiger partial charge in [-0.25, -0.2) is 14.4 Å². The second kappa shape index (κ2) is 4.68. The van der Waals surface area contributed by atoms with Crippen molar-refractivity contribution in [2.24, 2.45) is 11.3 Å². The molecule has 20 heavy (non-hydrogen) atoms. The van der Waals surface area contributed by atoms with Gasteiger partial charge in [0.1, 0.15) is 6.33 Å². The lowest BCUT2D eigenvalue weighted by Gasteiger charge is -2.24. The van der Waals surface area contributed by atoms with Gasteiger partial charge in [0.25, 0.3) is 0 Å². The molecule has 2 heterocycles. The first kappa shape index (κ1) is 13.3. The van der Waals surface area contributed by atoms with Crippen molar-refractivity contribution in [2.45, 2.75) is 32.6 Å². The summed E-state index contributed by atoms with van der Waals surface area (Å²) >= 11 is 0. The van der Waals surface area contributed by atoms with Crippen LogP contribution in [-0.2, 0) is 11.2 Å². The van der Waals surface area contributed by atoms with Gasteiger partial charge >= 0.3 is 5.97 Å². The van der Waals surface area contributed by atoms with Gasteiger partial charge in [0, 0.05) is 13.1 Å². The third kappa shape index (κ3) is 1.77. The van der Waals surface area contributed by atoms with Crippen LogP contribution < -0.4 is 4.90 Å². The highest BCUT2D eigenvalue weighted by atomic mass is 19.1. The van der Waals surface area contributed by atoms with Gasteiger partial charge < -0.3 is 10.0 Å². The quantitative estimate of drug-likeness (QED) is 0.915. The van der Waals surface area contributed by atoms with E-state index in [4.69, 9.17) is 0 Å². The second-order valence-electron chi connectivity index (χ2n) is 5.74. The Labute approximate surface area is 116 Å². The van der Waals surface area contributed by atoms with Gasteiger partial charge in [0.05, 0.1) is 11.1 Å². The number of hydrogen-bond donors (Lipinski definition) is 1. The first-order valence-corrected chi connectivity index (χ1v) is 7.06. The van der Waals surface area contributed by atoms with Crippen molar-refractivity contribution in [3.8, 4) is 0 Å². The van der Waals surface area contributed by atoms with E-state index in [1.807, 2.05) is 6.92 Å². The number of carboxylic acids is 1. The number of halogens is 1. The first-order valence-electron chi connectivity index (χ1n) is 7.06. The van der Waals surface area contributed by atoms with Crippen molar-refractivity contribution in [3.05, 3.63) is 17.8 Å². The number of aromatic nitrogens is 2. The van der Waals surface area contributed by atoms with Crippen LogP contribution in [0.4, 0.5) is 10.2 Å². The molecule has 1 aromatic rings. The van der Waals surface area contributed by atoms with Gasteiger partial charge in [-0.3, -0.25) is 4.79 Å². The minimum Gasteiger partial charge on any atom is -0.481 e. The van der Waals surface area contributed by atoms with Crippen LogP contribution in [0.25, 0.3) is 0 Å². The molecule has 0 radical (unpaired) electrons. The van der Waals surface area contributed by atoms with E-state index in [0.29, 0.717) is 31.6 Å². The van der Waals surface area contributed by atoms with Crippen molar-refractivity contribution in [1.82, 2.24) is 9.97 Å². The van der Waals surface area contributed by atoms with E-state index in [1.54, 1.807) is 4.90 Å². The van der Waals surface area contributed by atoms with E-state index in [0.717, 1.165) is 12.8 Å². The van der Waals surface area contributed by atoms with E-state index in [-0.39, 0.29) is 11.7 Å². The molecular weight excluding hydrogens is 261 g/mol. The molecule has 6 heteroatoms. The lowest BCUT2D eigenvalue weighted by molar-refractivity contribution is -0.149. The highest BCUT2D eigenvalue weighted by molar-refractivity contribution is 5.77. The molecule has 0 unspecified atom stereocenters. The van der Waals surface area contributed by atoms with Gasteiger partial charge in [0.15, 0.2) is 11.6 Å². The molecule has 1 aromatic heterocycles. The Morgan fingerprint density at radius 1 is 1.60 bits per heavy atom. The predicted molar refractivity (Wildman–Crippen MR) is 71.0 cm³/mol. The average Bonchev–Trinajstić information content (AvgIpc) is 2.96. The molecule has 1 saturated heterocycles. The van der Waals surface area contributed by atoms with Crippen LogP contribution in [0.2, 0.25) is 0 Å². The standard InChI is InChI=1S/C14H18FN3O2/c1-2-10-11(15)12(17-8-16-10)18-6-9-4-3-5-14(9,7-18)13(19)20/h8-9H,2-7H2,1H3,(H,19,20)/t9-,14+/m0/s1. The topological polar surface area (TPSA) is 66.3 Å². The SMILES string of the molecule is CCc1ncnc(N2C[C@@H]3CCC[C@@]3(C(=O)O)C2)c1F. The third-order valence-corrected chi connectivity index (χ3v) is 4.77. The van der Waals surface area contributed by atoms with Crippen LogP contribution in [0.1, 0.15) is 31.9 Å². The van der Waals surface area contributed by atoms with Crippen molar-refractivity contribution < 1.29 is 14.3 Å². The summed E-state index contributed by atoms with van der Waals surface area (Å²) in [4.78, 5) is 21.4. The fraction of sp³-hybridized carbons (Fsp3) is 0.643. The molecule has 0 spiro atoms. The number of carbonyl (C=O) groups is 1. The smallest absolute Gasteiger partial charge is 0.311 e. The molecule has 108 valence electrons. The fourth-order valence-electron chi connectivity index (χ4n) is 3.66. The lowest BCUT2D eigenvalue weighted by Crippen LogP contribution is -2.36. The number of aryl methyl sites for hydroxylation is 1. The third-order valence-electron chi connectivity index (χ3n) is 4.77. The van der Waals surface area contributed by atoms with E-state index in [9.17, 15) is 14.3 Å². The Kier molecular flexibility index (Phi) is 3.11.